The van der Waals surface area contributed by atoms with Crippen LogP contribution in [0.3, 0.4) is 0 Å². The lowest BCUT2D eigenvalue weighted by atomic mass is 10.1. The second-order valence-corrected chi connectivity index (χ2v) is 7.28. The molecule has 0 spiro atoms. The van der Waals surface area contributed by atoms with E-state index in [1.807, 2.05) is 30.5 Å². The molecule has 1 aliphatic rings. The number of carbonyl (C=O) groups excluding carboxylic acids is 1. The van der Waals surface area contributed by atoms with Gasteiger partial charge in [0.05, 0.1) is 5.52 Å². The lowest BCUT2D eigenvalue weighted by Gasteiger charge is -2.36. The van der Waals surface area contributed by atoms with E-state index in [0.717, 1.165) is 42.9 Å². The number of H-pyrrole nitrogens is 1. The summed E-state index contributed by atoms with van der Waals surface area (Å²) in [4.78, 5) is 35.3. The van der Waals surface area contributed by atoms with E-state index in [2.05, 4.69) is 19.8 Å². The predicted molar refractivity (Wildman–Crippen MR) is 104 cm³/mol. The Morgan fingerprint density at radius 2 is 1.92 bits per heavy atom. The van der Waals surface area contributed by atoms with Gasteiger partial charge in [0.1, 0.15) is 4.70 Å². The molecule has 26 heavy (non-hydrogen) atoms. The number of aryl methyl sites for hydroxylation is 1. The Labute approximate surface area is 154 Å². The number of aromatic amines is 1. The van der Waals surface area contributed by atoms with Crippen LogP contribution in [0.4, 0.5) is 11.6 Å². The van der Waals surface area contributed by atoms with Crippen LogP contribution in [-0.4, -0.2) is 42.1 Å². The van der Waals surface area contributed by atoms with Crippen molar-refractivity contribution in [3.05, 3.63) is 51.1 Å². The number of hydrogen-bond acceptors (Lipinski definition) is 6. The molecule has 0 saturated carbocycles. The highest BCUT2D eigenvalue weighted by Crippen LogP contribution is 2.22. The fraction of sp³-hybridized carbons (Fsp3) is 0.278. The minimum Gasteiger partial charge on any atom is -0.368 e. The van der Waals surface area contributed by atoms with Gasteiger partial charge < -0.3 is 15.5 Å². The van der Waals surface area contributed by atoms with Crippen molar-refractivity contribution in [1.29, 1.82) is 0 Å². The zero-order valence-corrected chi connectivity index (χ0v) is 15.2. The second kappa shape index (κ2) is 6.45. The average molecular weight is 369 g/mol. The number of nitrogens with zero attached hydrogens (tertiary/aromatic N) is 3. The molecule has 1 saturated heterocycles. The minimum atomic E-state index is -0.405. The van der Waals surface area contributed by atoms with E-state index in [-0.39, 0.29) is 5.56 Å². The molecule has 0 unspecified atom stereocenters. The number of piperazine rings is 1. The number of nitrogens with two attached hydrogens (primary N) is 1. The van der Waals surface area contributed by atoms with Gasteiger partial charge in [0.2, 0.25) is 11.9 Å². The van der Waals surface area contributed by atoms with Crippen LogP contribution < -0.4 is 21.1 Å². The number of anilines is 2. The summed E-state index contributed by atoms with van der Waals surface area (Å²) in [5.41, 5.74) is 8.54. The van der Waals surface area contributed by atoms with Gasteiger partial charge in [-0.3, -0.25) is 14.6 Å². The number of primary amides is 1. The zero-order chi connectivity index (χ0) is 18.3. The van der Waals surface area contributed by atoms with E-state index in [4.69, 9.17) is 5.73 Å². The molecule has 1 aromatic carbocycles. The third kappa shape index (κ3) is 2.92. The average Bonchev–Trinajstić information content (AvgIpc) is 3.11. The summed E-state index contributed by atoms with van der Waals surface area (Å²) < 4.78 is 0.664. The molecule has 0 radical (unpaired) electrons. The van der Waals surface area contributed by atoms with Crippen molar-refractivity contribution in [3.8, 4) is 0 Å². The van der Waals surface area contributed by atoms with Crippen molar-refractivity contribution in [2.45, 2.75) is 6.92 Å². The van der Waals surface area contributed by atoms with E-state index in [9.17, 15) is 9.59 Å². The Morgan fingerprint density at radius 1 is 1.19 bits per heavy atom. The van der Waals surface area contributed by atoms with Crippen LogP contribution in [0.15, 0.2) is 34.4 Å². The summed E-state index contributed by atoms with van der Waals surface area (Å²) in [5.74, 6) is 0.221. The van der Waals surface area contributed by atoms with E-state index in [1.54, 1.807) is 6.07 Å². The Balaban J connectivity index is 1.51. The number of thiophene rings is 1. The van der Waals surface area contributed by atoms with Gasteiger partial charge in [-0.25, -0.2) is 4.98 Å². The van der Waals surface area contributed by atoms with Gasteiger partial charge in [-0.05, 0) is 42.1 Å². The number of carbonyl (C=O) groups is 1. The summed E-state index contributed by atoms with van der Waals surface area (Å²) in [7, 11) is 0. The van der Waals surface area contributed by atoms with Crippen LogP contribution in [0.5, 0.6) is 0 Å². The Hall–Kier alpha value is -2.87. The van der Waals surface area contributed by atoms with Crippen LogP contribution in [0, 0.1) is 6.92 Å². The Kier molecular flexibility index (Phi) is 4.12. The standard InChI is InChI=1S/C18H19N5O2S/c1-11-10-12(2-3-13(11)16(19)24)22-5-7-23(8-6-22)18-20-14-4-9-26-15(14)17(25)21-18/h2-4,9-10H,5-8H2,1H3,(H2,19,24)(H,20,21,25). The van der Waals surface area contributed by atoms with Gasteiger partial charge in [-0.1, -0.05) is 0 Å². The molecular formula is C18H19N5O2S. The third-order valence-electron chi connectivity index (χ3n) is 4.72. The molecule has 0 bridgehead atoms. The van der Waals surface area contributed by atoms with Gasteiger partial charge in [-0.15, -0.1) is 11.3 Å². The highest BCUT2D eigenvalue weighted by atomic mass is 32.1. The fourth-order valence-corrected chi connectivity index (χ4v) is 4.03. The first-order chi connectivity index (χ1) is 12.5. The van der Waals surface area contributed by atoms with E-state index in [1.165, 1.54) is 11.3 Å². The van der Waals surface area contributed by atoms with Crippen molar-refractivity contribution in [1.82, 2.24) is 9.97 Å². The molecule has 1 fully saturated rings. The molecule has 134 valence electrons. The number of benzene rings is 1. The number of rotatable bonds is 3. The van der Waals surface area contributed by atoms with Crippen LogP contribution in [0.1, 0.15) is 15.9 Å². The van der Waals surface area contributed by atoms with Crippen molar-refractivity contribution in [2.24, 2.45) is 5.73 Å². The lowest BCUT2D eigenvalue weighted by Crippen LogP contribution is -2.47. The second-order valence-electron chi connectivity index (χ2n) is 6.36. The monoisotopic (exact) mass is 369 g/mol. The molecule has 8 heteroatoms. The summed E-state index contributed by atoms with van der Waals surface area (Å²) in [6.45, 7) is 5.02. The van der Waals surface area contributed by atoms with Crippen LogP contribution in [0.25, 0.3) is 10.2 Å². The van der Waals surface area contributed by atoms with Crippen molar-refractivity contribution >= 4 is 39.1 Å². The summed E-state index contributed by atoms with van der Waals surface area (Å²) >= 11 is 1.41. The first kappa shape index (κ1) is 16.6. The predicted octanol–water partition coefficient (Wildman–Crippen LogP) is 1.72. The van der Waals surface area contributed by atoms with Crippen molar-refractivity contribution in [2.75, 3.05) is 36.0 Å². The first-order valence-corrected chi connectivity index (χ1v) is 9.29. The molecule has 0 atom stereocenters. The molecule has 3 heterocycles. The SMILES string of the molecule is Cc1cc(N2CCN(c3nc4ccsc4c(=O)[nH]3)CC2)ccc1C(N)=O. The Morgan fingerprint density at radius 3 is 2.62 bits per heavy atom. The number of aromatic nitrogens is 2. The Bertz CT molecular complexity index is 1030. The number of fused-ring (bicyclic) bond motifs is 1. The normalized spacial score (nSPS) is 14.8. The van der Waals surface area contributed by atoms with Gasteiger partial charge in [0.25, 0.3) is 5.56 Å². The van der Waals surface area contributed by atoms with Gasteiger partial charge in [0.15, 0.2) is 0 Å². The van der Waals surface area contributed by atoms with E-state index >= 15 is 0 Å². The molecule has 0 aliphatic carbocycles. The molecule has 1 aliphatic heterocycles. The quantitative estimate of drug-likeness (QED) is 0.733. The number of hydrogen-bond donors (Lipinski definition) is 2. The summed E-state index contributed by atoms with van der Waals surface area (Å²) in [6.07, 6.45) is 0. The molecule has 3 N–H and O–H groups in total. The molecule has 3 aromatic rings. The van der Waals surface area contributed by atoms with Crippen LogP contribution in [-0.2, 0) is 0 Å². The maximum absolute atomic E-state index is 12.2. The largest absolute Gasteiger partial charge is 0.368 e. The lowest BCUT2D eigenvalue weighted by molar-refractivity contribution is 0.0999. The molecule has 1 amide bonds. The molecule has 4 rings (SSSR count). The number of nitrogens with one attached hydrogen (secondary N) is 1. The summed E-state index contributed by atoms with van der Waals surface area (Å²) in [5, 5.41) is 1.88. The van der Waals surface area contributed by atoms with Crippen LogP contribution in [0.2, 0.25) is 0 Å². The molecule has 2 aromatic heterocycles. The van der Waals surface area contributed by atoms with Crippen LogP contribution >= 0.6 is 11.3 Å². The zero-order valence-electron chi connectivity index (χ0n) is 14.4. The number of amides is 1. The van der Waals surface area contributed by atoms with Crippen molar-refractivity contribution in [3.63, 3.8) is 0 Å². The fourth-order valence-electron chi connectivity index (χ4n) is 3.31. The maximum Gasteiger partial charge on any atom is 0.270 e. The first-order valence-electron chi connectivity index (χ1n) is 8.41. The topological polar surface area (TPSA) is 95.3 Å². The molecule has 7 nitrogen and oxygen atoms in total. The van der Waals surface area contributed by atoms with Crippen molar-refractivity contribution < 1.29 is 4.79 Å². The minimum absolute atomic E-state index is 0.0832. The van der Waals surface area contributed by atoms with Gasteiger partial charge in [0, 0.05) is 37.4 Å². The highest BCUT2D eigenvalue weighted by molar-refractivity contribution is 7.17. The third-order valence-corrected chi connectivity index (χ3v) is 5.62. The van der Waals surface area contributed by atoms with Gasteiger partial charge >= 0.3 is 0 Å². The van der Waals surface area contributed by atoms with E-state index < -0.39 is 5.91 Å². The molecular weight excluding hydrogens is 350 g/mol. The van der Waals surface area contributed by atoms with Gasteiger partial charge in [-0.2, -0.15) is 0 Å². The summed E-state index contributed by atoms with van der Waals surface area (Å²) in [6, 6.07) is 7.58. The van der Waals surface area contributed by atoms with E-state index in [0.29, 0.717) is 16.2 Å². The smallest absolute Gasteiger partial charge is 0.270 e. The highest BCUT2D eigenvalue weighted by Gasteiger charge is 2.20. The maximum atomic E-state index is 12.2.